The molecule has 0 aromatic carbocycles. The monoisotopic (exact) mass is 172 g/mol. The van der Waals surface area contributed by atoms with Crippen LogP contribution in [0.15, 0.2) is 0 Å². The van der Waals surface area contributed by atoms with Gasteiger partial charge in [-0.15, -0.1) is 0 Å². The lowest BCUT2D eigenvalue weighted by Crippen LogP contribution is -2.25. The van der Waals surface area contributed by atoms with Crippen LogP contribution in [0.5, 0.6) is 0 Å². The summed E-state index contributed by atoms with van der Waals surface area (Å²) in [5, 5.41) is 0. The Balaban J connectivity index is 3.53. The van der Waals surface area contributed by atoms with Crippen molar-refractivity contribution in [1.82, 2.24) is 0 Å². The molecule has 0 N–H and O–H groups in total. The van der Waals surface area contributed by atoms with Gasteiger partial charge in [-0.05, 0) is 26.2 Å². The number of rotatable bonds is 6. The third-order valence-corrected chi connectivity index (χ3v) is 1.76. The Morgan fingerprint density at radius 2 is 2.00 bits per heavy atom. The van der Waals surface area contributed by atoms with E-state index in [1.807, 2.05) is 13.8 Å². The van der Waals surface area contributed by atoms with Crippen LogP contribution in [0.2, 0.25) is 0 Å². The van der Waals surface area contributed by atoms with Crippen LogP contribution in [0.4, 0.5) is 0 Å². The summed E-state index contributed by atoms with van der Waals surface area (Å²) in [4.78, 5) is 10.2. The van der Waals surface area contributed by atoms with E-state index >= 15 is 0 Å². The third kappa shape index (κ3) is 6.35. The molecule has 12 heavy (non-hydrogen) atoms. The van der Waals surface area contributed by atoms with Gasteiger partial charge in [0.15, 0.2) is 0 Å². The molecule has 0 aliphatic rings. The van der Waals surface area contributed by atoms with E-state index < -0.39 is 0 Å². The number of carbonyl (C=O) groups is 1. The zero-order chi connectivity index (χ0) is 9.61. The molecule has 0 aliphatic carbocycles. The van der Waals surface area contributed by atoms with E-state index in [2.05, 4.69) is 13.8 Å². The molecule has 0 aliphatic heterocycles. The molecule has 0 amide bonds. The summed E-state index contributed by atoms with van der Waals surface area (Å²) in [6.45, 7) is 8.97. The molecule has 0 fully saturated rings. The maximum absolute atomic E-state index is 10.2. The molecule has 0 spiro atoms. The molecule has 0 radical (unpaired) electrons. The smallest absolute Gasteiger partial charge is 0.122 e. The summed E-state index contributed by atoms with van der Waals surface area (Å²) >= 11 is 0. The Morgan fingerprint density at radius 1 is 1.42 bits per heavy atom. The number of aldehydes is 1. The van der Waals surface area contributed by atoms with Gasteiger partial charge in [-0.1, -0.05) is 13.8 Å². The molecule has 0 aromatic rings. The number of hydrogen-bond donors (Lipinski definition) is 0. The fourth-order valence-electron chi connectivity index (χ4n) is 0.831. The van der Waals surface area contributed by atoms with Crippen LogP contribution < -0.4 is 0 Å². The van der Waals surface area contributed by atoms with E-state index in [0.29, 0.717) is 12.3 Å². The fourth-order valence-corrected chi connectivity index (χ4v) is 0.831. The van der Waals surface area contributed by atoms with Crippen LogP contribution in [0.25, 0.3) is 0 Å². The lowest BCUT2D eigenvalue weighted by molar-refractivity contribution is -0.113. The Morgan fingerprint density at radius 3 is 2.42 bits per heavy atom. The maximum Gasteiger partial charge on any atom is 0.122 e. The Labute approximate surface area is 75.3 Å². The standard InChI is InChI=1S/C10H20O2/c1-9(2)5-8-12-10(3,4)6-7-11/h7,9H,5-6,8H2,1-4H3. The van der Waals surface area contributed by atoms with Gasteiger partial charge in [-0.2, -0.15) is 0 Å². The van der Waals surface area contributed by atoms with Crippen molar-refractivity contribution in [3.05, 3.63) is 0 Å². The zero-order valence-electron chi connectivity index (χ0n) is 8.59. The molecule has 0 aromatic heterocycles. The Hall–Kier alpha value is -0.370. The van der Waals surface area contributed by atoms with Crippen molar-refractivity contribution in [2.24, 2.45) is 5.92 Å². The Kier molecular flexibility index (Phi) is 5.14. The van der Waals surface area contributed by atoms with Gasteiger partial charge < -0.3 is 9.53 Å². The molecule has 0 bridgehead atoms. The van der Waals surface area contributed by atoms with Crippen molar-refractivity contribution in [2.75, 3.05) is 6.61 Å². The van der Waals surface area contributed by atoms with Crippen molar-refractivity contribution in [3.8, 4) is 0 Å². The highest BCUT2D eigenvalue weighted by molar-refractivity contribution is 5.51. The first-order valence-corrected chi connectivity index (χ1v) is 4.55. The first kappa shape index (κ1) is 11.6. The van der Waals surface area contributed by atoms with Crippen LogP contribution in [-0.2, 0) is 9.53 Å². The normalized spacial score (nSPS) is 12.1. The maximum atomic E-state index is 10.2. The highest BCUT2D eigenvalue weighted by atomic mass is 16.5. The quantitative estimate of drug-likeness (QED) is 0.575. The summed E-state index contributed by atoms with van der Waals surface area (Å²) in [6, 6.07) is 0. The van der Waals surface area contributed by atoms with Crippen LogP contribution in [0.3, 0.4) is 0 Å². The van der Waals surface area contributed by atoms with Gasteiger partial charge in [-0.3, -0.25) is 0 Å². The van der Waals surface area contributed by atoms with Crippen LogP contribution in [0, 0.1) is 5.92 Å². The minimum atomic E-state index is -0.281. The van der Waals surface area contributed by atoms with E-state index in [-0.39, 0.29) is 5.60 Å². The van der Waals surface area contributed by atoms with Crippen molar-refractivity contribution < 1.29 is 9.53 Å². The van der Waals surface area contributed by atoms with Gasteiger partial charge in [-0.25, -0.2) is 0 Å². The van der Waals surface area contributed by atoms with E-state index in [4.69, 9.17) is 4.74 Å². The summed E-state index contributed by atoms with van der Waals surface area (Å²) in [5.74, 6) is 0.664. The molecule has 2 nitrogen and oxygen atoms in total. The predicted molar refractivity (Wildman–Crippen MR) is 50.2 cm³/mol. The molecule has 0 saturated carbocycles. The second-order valence-electron chi connectivity index (χ2n) is 4.16. The van der Waals surface area contributed by atoms with Crippen molar-refractivity contribution in [3.63, 3.8) is 0 Å². The van der Waals surface area contributed by atoms with E-state index in [0.717, 1.165) is 19.3 Å². The minimum Gasteiger partial charge on any atom is -0.375 e. The van der Waals surface area contributed by atoms with E-state index in [1.54, 1.807) is 0 Å². The predicted octanol–water partition coefficient (Wildman–Crippen LogP) is 2.42. The molecule has 0 rings (SSSR count). The summed E-state index contributed by atoms with van der Waals surface area (Å²) in [6.07, 6.45) is 2.45. The summed E-state index contributed by atoms with van der Waals surface area (Å²) < 4.78 is 5.55. The first-order chi connectivity index (χ1) is 5.48. The van der Waals surface area contributed by atoms with Gasteiger partial charge in [0, 0.05) is 13.0 Å². The van der Waals surface area contributed by atoms with E-state index in [1.165, 1.54) is 0 Å². The zero-order valence-corrected chi connectivity index (χ0v) is 8.59. The summed E-state index contributed by atoms with van der Waals surface area (Å²) in [5.41, 5.74) is -0.281. The highest BCUT2D eigenvalue weighted by Gasteiger charge is 2.17. The van der Waals surface area contributed by atoms with Crippen LogP contribution in [-0.4, -0.2) is 18.5 Å². The molecular weight excluding hydrogens is 152 g/mol. The third-order valence-electron chi connectivity index (χ3n) is 1.76. The van der Waals surface area contributed by atoms with Gasteiger partial charge >= 0.3 is 0 Å². The summed E-state index contributed by atoms with van der Waals surface area (Å²) in [7, 11) is 0. The minimum absolute atomic E-state index is 0.281. The van der Waals surface area contributed by atoms with Crippen molar-refractivity contribution >= 4 is 6.29 Å². The average molecular weight is 172 g/mol. The van der Waals surface area contributed by atoms with Gasteiger partial charge in [0.25, 0.3) is 0 Å². The topological polar surface area (TPSA) is 26.3 Å². The molecule has 0 atom stereocenters. The SMILES string of the molecule is CC(C)CCOC(C)(C)CC=O. The van der Waals surface area contributed by atoms with E-state index in [9.17, 15) is 4.79 Å². The number of ether oxygens (including phenoxy) is 1. The molecule has 72 valence electrons. The number of hydrogen-bond acceptors (Lipinski definition) is 2. The molecular formula is C10H20O2. The Bertz CT molecular complexity index is 128. The van der Waals surface area contributed by atoms with Gasteiger partial charge in [0.2, 0.25) is 0 Å². The first-order valence-electron chi connectivity index (χ1n) is 4.55. The molecule has 0 unspecified atom stereocenters. The van der Waals surface area contributed by atoms with Crippen LogP contribution in [0.1, 0.15) is 40.5 Å². The highest BCUT2D eigenvalue weighted by Crippen LogP contribution is 2.13. The second kappa shape index (κ2) is 5.31. The largest absolute Gasteiger partial charge is 0.375 e. The van der Waals surface area contributed by atoms with Gasteiger partial charge in [0.1, 0.15) is 6.29 Å². The molecule has 2 heteroatoms. The lowest BCUT2D eigenvalue weighted by atomic mass is 10.1. The molecule has 0 heterocycles. The average Bonchev–Trinajstić information content (AvgIpc) is 1.85. The van der Waals surface area contributed by atoms with Crippen molar-refractivity contribution in [2.45, 2.75) is 46.1 Å². The fraction of sp³-hybridized carbons (Fsp3) is 0.900. The second-order valence-corrected chi connectivity index (χ2v) is 4.16. The molecule has 0 saturated heterocycles. The van der Waals surface area contributed by atoms with Crippen LogP contribution >= 0.6 is 0 Å². The lowest BCUT2D eigenvalue weighted by Gasteiger charge is -2.23. The van der Waals surface area contributed by atoms with Gasteiger partial charge in [0.05, 0.1) is 5.60 Å². The number of carbonyl (C=O) groups excluding carboxylic acids is 1. The van der Waals surface area contributed by atoms with Crippen molar-refractivity contribution in [1.29, 1.82) is 0 Å².